The van der Waals surface area contributed by atoms with Crippen LogP contribution in [-0.4, -0.2) is 11.9 Å². The molecule has 1 saturated carbocycles. The third-order valence-electron chi connectivity index (χ3n) is 2.47. The molecule has 0 radical (unpaired) electrons. The highest BCUT2D eigenvalue weighted by atomic mass is 79.9. The van der Waals surface area contributed by atoms with Gasteiger partial charge in [0.2, 0.25) is 0 Å². The highest BCUT2D eigenvalue weighted by molar-refractivity contribution is 9.10. The first-order valence-electron chi connectivity index (χ1n) is 4.89. The molecule has 2 nitrogen and oxygen atoms in total. The van der Waals surface area contributed by atoms with Crippen LogP contribution in [0.1, 0.15) is 19.3 Å². The molecule has 5 heteroatoms. The number of ether oxygens (including phenoxy) is 1. The predicted octanol–water partition coefficient (Wildman–Crippen LogP) is 3.74. The van der Waals surface area contributed by atoms with Gasteiger partial charge in [-0.2, -0.15) is 0 Å². The largest absolute Gasteiger partial charge is 0.489 e. The van der Waals surface area contributed by atoms with Crippen molar-refractivity contribution < 1.29 is 13.9 Å². The first kappa shape index (κ1) is 11.9. The van der Waals surface area contributed by atoms with E-state index in [-0.39, 0.29) is 16.9 Å². The molecule has 0 aromatic heterocycles. The lowest BCUT2D eigenvalue weighted by molar-refractivity contribution is -0.117. The van der Waals surface area contributed by atoms with Gasteiger partial charge in [-0.25, -0.2) is 4.39 Å². The highest BCUT2D eigenvalue weighted by Gasteiger charge is 2.24. The molecule has 2 rings (SSSR count). The van der Waals surface area contributed by atoms with E-state index in [0.717, 1.165) is 0 Å². The van der Waals surface area contributed by atoms with E-state index in [1.54, 1.807) is 0 Å². The molecular formula is C11H9BrClFO2. The van der Waals surface area contributed by atoms with Crippen LogP contribution in [-0.2, 0) is 4.79 Å². The zero-order valence-corrected chi connectivity index (χ0v) is 10.6. The summed E-state index contributed by atoms with van der Waals surface area (Å²) in [5.41, 5.74) is 0. The van der Waals surface area contributed by atoms with Gasteiger partial charge < -0.3 is 4.74 Å². The fourth-order valence-corrected chi connectivity index (χ4v) is 2.39. The smallest absolute Gasteiger partial charge is 0.145 e. The second-order valence-corrected chi connectivity index (χ2v) is 4.98. The van der Waals surface area contributed by atoms with Crippen molar-refractivity contribution in [3.05, 3.63) is 27.4 Å². The topological polar surface area (TPSA) is 26.3 Å². The summed E-state index contributed by atoms with van der Waals surface area (Å²) in [5, 5.41) is 0.0433. The van der Waals surface area contributed by atoms with Gasteiger partial charge in [-0.05, 0) is 28.4 Å². The lowest BCUT2D eigenvalue weighted by Crippen LogP contribution is -2.12. The average Bonchev–Trinajstić information content (AvgIpc) is 2.60. The molecule has 0 spiro atoms. The summed E-state index contributed by atoms with van der Waals surface area (Å²) in [6, 6.07) is 2.68. The molecule has 86 valence electrons. The molecule has 1 fully saturated rings. The van der Waals surface area contributed by atoms with E-state index < -0.39 is 5.82 Å². The Balaban J connectivity index is 2.15. The normalized spacial score (nSPS) is 20.2. The van der Waals surface area contributed by atoms with E-state index in [4.69, 9.17) is 16.3 Å². The van der Waals surface area contributed by atoms with Crippen LogP contribution in [0, 0.1) is 5.82 Å². The van der Waals surface area contributed by atoms with Crippen molar-refractivity contribution in [2.75, 3.05) is 0 Å². The second kappa shape index (κ2) is 4.72. The van der Waals surface area contributed by atoms with Gasteiger partial charge in [0.1, 0.15) is 23.5 Å². The molecule has 16 heavy (non-hydrogen) atoms. The Morgan fingerprint density at radius 3 is 2.88 bits per heavy atom. The van der Waals surface area contributed by atoms with Crippen LogP contribution in [0.4, 0.5) is 4.39 Å². The Morgan fingerprint density at radius 2 is 2.25 bits per heavy atom. The number of halogens is 3. The number of hydrogen-bond acceptors (Lipinski definition) is 2. The van der Waals surface area contributed by atoms with E-state index in [2.05, 4.69) is 15.9 Å². The van der Waals surface area contributed by atoms with E-state index in [1.807, 2.05) is 0 Å². The van der Waals surface area contributed by atoms with Gasteiger partial charge >= 0.3 is 0 Å². The van der Waals surface area contributed by atoms with Gasteiger partial charge in [0.05, 0.1) is 9.50 Å². The molecule has 1 aliphatic rings. The summed E-state index contributed by atoms with van der Waals surface area (Å²) in [5.74, 6) is 0.0568. The van der Waals surface area contributed by atoms with Crippen LogP contribution in [0.3, 0.4) is 0 Å². The number of carbonyl (C=O) groups excluding carboxylic acids is 1. The number of Topliss-reactive ketones (excluding diaryl/α,β-unsaturated/α-hetero) is 1. The molecule has 0 N–H and O–H groups in total. The minimum Gasteiger partial charge on any atom is -0.489 e. The van der Waals surface area contributed by atoms with Gasteiger partial charge in [0, 0.05) is 18.9 Å². The average molecular weight is 308 g/mol. The first-order valence-corrected chi connectivity index (χ1v) is 6.06. The highest BCUT2D eigenvalue weighted by Crippen LogP contribution is 2.33. The fourth-order valence-electron chi connectivity index (χ4n) is 1.65. The van der Waals surface area contributed by atoms with Crippen molar-refractivity contribution in [3.8, 4) is 5.75 Å². The number of benzene rings is 1. The molecule has 1 atom stereocenters. The Morgan fingerprint density at radius 1 is 1.50 bits per heavy atom. The van der Waals surface area contributed by atoms with Gasteiger partial charge in [0.25, 0.3) is 0 Å². The summed E-state index contributed by atoms with van der Waals surface area (Å²) >= 11 is 8.85. The van der Waals surface area contributed by atoms with E-state index in [9.17, 15) is 9.18 Å². The lowest BCUT2D eigenvalue weighted by Gasteiger charge is -2.14. The molecule has 1 aliphatic carbocycles. The zero-order valence-electron chi connectivity index (χ0n) is 8.30. The summed E-state index contributed by atoms with van der Waals surface area (Å²) in [6.07, 6.45) is 1.48. The molecule has 1 aromatic carbocycles. The number of carbonyl (C=O) groups is 1. The van der Waals surface area contributed by atoms with Crippen LogP contribution in [0.2, 0.25) is 5.02 Å². The van der Waals surface area contributed by atoms with Crippen molar-refractivity contribution in [2.24, 2.45) is 0 Å². The SMILES string of the molecule is O=C1CCC(Oc2cc(F)c(Cl)cc2Br)C1. The van der Waals surface area contributed by atoms with Crippen molar-refractivity contribution in [2.45, 2.75) is 25.4 Å². The molecule has 0 bridgehead atoms. The zero-order chi connectivity index (χ0) is 11.7. The Hall–Kier alpha value is -0.610. The van der Waals surface area contributed by atoms with Crippen LogP contribution in [0.15, 0.2) is 16.6 Å². The maximum atomic E-state index is 13.2. The Kier molecular flexibility index (Phi) is 3.50. The number of rotatable bonds is 2. The summed E-state index contributed by atoms with van der Waals surface area (Å²) < 4.78 is 19.4. The lowest BCUT2D eigenvalue weighted by atomic mass is 10.3. The van der Waals surface area contributed by atoms with Crippen LogP contribution in [0.25, 0.3) is 0 Å². The number of hydrogen-bond donors (Lipinski definition) is 0. The summed E-state index contributed by atoms with van der Waals surface area (Å²) in [6.45, 7) is 0. The number of ketones is 1. The van der Waals surface area contributed by atoms with E-state index >= 15 is 0 Å². The molecule has 0 amide bonds. The predicted molar refractivity (Wildman–Crippen MR) is 62.4 cm³/mol. The van der Waals surface area contributed by atoms with Crippen molar-refractivity contribution in [1.29, 1.82) is 0 Å². The van der Waals surface area contributed by atoms with Crippen LogP contribution >= 0.6 is 27.5 Å². The quantitative estimate of drug-likeness (QED) is 0.778. The minimum atomic E-state index is -0.524. The standard InChI is InChI=1S/C11H9BrClFO2/c12-8-4-9(13)10(14)5-11(8)16-7-2-1-6(15)3-7/h4-5,7H,1-3H2. The molecule has 1 unspecified atom stereocenters. The maximum Gasteiger partial charge on any atom is 0.145 e. The van der Waals surface area contributed by atoms with Crippen molar-refractivity contribution >= 4 is 33.3 Å². The minimum absolute atomic E-state index is 0.0433. The van der Waals surface area contributed by atoms with Gasteiger partial charge in [-0.15, -0.1) is 0 Å². The van der Waals surface area contributed by atoms with Crippen LogP contribution < -0.4 is 4.74 Å². The van der Waals surface area contributed by atoms with E-state index in [1.165, 1.54) is 12.1 Å². The molecular weight excluding hydrogens is 298 g/mol. The Labute approximate surface area is 106 Å². The third kappa shape index (κ3) is 2.55. The molecule has 0 saturated heterocycles. The molecule has 0 aliphatic heterocycles. The van der Waals surface area contributed by atoms with Crippen molar-refractivity contribution in [1.82, 2.24) is 0 Å². The van der Waals surface area contributed by atoms with Gasteiger partial charge in [-0.3, -0.25) is 4.79 Å². The monoisotopic (exact) mass is 306 g/mol. The van der Waals surface area contributed by atoms with Crippen LogP contribution in [0.5, 0.6) is 5.75 Å². The van der Waals surface area contributed by atoms with Gasteiger partial charge in [-0.1, -0.05) is 11.6 Å². The third-order valence-corrected chi connectivity index (χ3v) is 3.38. The Bertz CT molecular complexity index is 436. The first-order chi connectivity index (χ1) is 7.56. The molecule has 1 aromatic rings. The second-order valence-electron chi connectivity index (χ2n) is 3.72. The summed E-state index contributed by atoms with van der Waals surface area (Å²) in [4.78, 5) is 11.1. The maximum absolute atomic E-state index is 13.2. The summed E-state index contributed by atoms with van der Waals surface area (Å²) in [7, 11) is 0. The van der Waals surface area contributed by atoms with Crippen molar-refractivity contribution in [3.63, 3.8) is 0 Å². The fraction of sp³-hybridized carbons (Fsp3) is 0.364. The van der Waals surface area contributed by atoms with E-state index in [0.29, 0.717) is 29.5 Å². The van der Waals surface area contributed by atoms with Gasteiger partial charge in [0.15, 0.2) is 0 Å². The molecule has 0 heterocycles.